The number of halogens is 2. The number of nitrogens with one attached hydrogen (secondary N) is 1. The molecule has 0 aromatic heterocycles. The van der Waals surface area contributed by atoms with E-state index in [1.54, 1.807) is 13.0 Å². The van der Waals surface area contributed by atoms with Gasteiger partial charge in [-0.1, -0.05) is 30.8 Å². The molecule has 8 heteroatoms. The summed E-state index contributed by atoms with van der Waals surface area (Å²) in [6, 6.07) is 7.50. The fourth-order valence-electron chi connectivity index (χ4n) is 1.35. The van der Waals surface area contributed by atoms with Crippen LogP contribution in [0.5, 0.6) is 0 Å². The molecule has 19 heavy (non-hydrogen) atoms. The van der Waals surface area contributed by atoms with Gasteiger partial charge in [-0.05, 0) is 18.6 Å². The van der Waals surface area contributed by atoms with Crippen molar-refractivity contribution in [2.45, 2.75) is 29.2 Å². The van der Waals surface area contributed by atoms with Crippen molar-refractivity contribution in [3.63, 3.8) is 0 Å². The summed E-state index contributed by atoms with van der Waals surface area (Å²) >= 11 is 0.249. The largest absolute Gasteiger partial charge is 0.288 e. The average Bonchev–Trinajstić information content (AvgIpc) is 2.32. The molecule has 4 nitrogen and oxygen atoms in total. The van der Waals surface area contributed by atoms with E-state index in [0.717, 1.165) is 0 Å². The average molecular weight is 306 g/mol. The van der Waals surface area contributed by atoms with Crippen LogP contribution in [0.2, 0.25) is 0 Å². The van der Waals surface area contributed by atoms with Gasteiger partial charge < -0.3 is 0 Å². The molecule has 1 aromatic rings. The SMILES string of the molecule is CCC(C#N)S(=O)(=O)Nc1ccccc1SC(F)F. The van der Waals surface area contributed by atoms with Crippen molar-refractivity contribution in [1.29, 1.82) is 5.26 Å². The fraction of sp³-hybridized carbons (Fsp3) is 0.364. The maximum absolute atomic E-state index is 12.4. The number of hydrogen-bond donors (Lipinski definition) is 1. The van der Waals surface area contributed by atoms with Gasteiger partial charge in [0.1, 0.15) is 0 Å². The summed E-state index contributed by atoms with van der Waals surface area (Å²) in [6.45, 7) is 1.56. The lowest BCUT2D eigenvalue weighted by Gasteiger charge is -2.14. The van der Waals surface area contributed by atoms with Gasteiger partial charge >= 0.3 is 0 Å². The van der Waals surface area contributed by atoms with E-state index in [1.165, 1.54) is 24.3 Å². The number of benzene rings is 1. The zero-order valence-electron chi connectivity index (χ0n) is 10.0. The molecule has 1 N–H and O–H groups in total. The monoisotopic (exact) mass is 306 g/mol. The lowest BCUT2D eigenvalue weighted by atomic mass is 10.3. The molecule has 1 unspecified atom stereocenters. The first-order chi connectivity index (χ1) is 8.90. The number of sulfonamides is 1. The Balaban J connectivity index is 3.03. The number of nitrogens with zero attached hydrogens (tertiary/aromatic N) is 1. The first-order valence-electron chi connectivity index (χ1n) is 5.35. The maximum Gasteiger partial charge on any atom is 0.288 e. The van der Waals surface area contributed by atoms with Crippen LogP contribution in [-0.4, -0.2) is 19.4 Å². The second-order valence-electron chi connectivity index (χ2n) is 3.55. The van der Waals surface area contributed by atoms with E-state index in [1.807, 2.05) is 0 Å². The molecule has 0 saturated heterocycles. The second-order valence-corrected chi connectivity index (χ2v) is 6.44. The van der Waals surface area contributed by atoms with Crippen molar-refractivity contribution < 1.29 is 17.2 Å². The molecule has 104 valence electrons. The van der Waals surface area contributed by atoms with Gasteiger partial charge in [0.05, 0.1) is 11.8 Å². The van der Waals surface area contributed by atoms with Crippen LogP contribution in [0.15, 0.2) is 29.2 Å². The minimum absolute atomic E-state index is 0.0569. The third-order valence-corrected chi connectivity index (χ3v) is 4.73. The third kappa shape index (κ3) is 4.36. The van der Waals surface area contributed by atoms with Crippen LogP contribution in [0.3, 0.4) is 0 Å². The summed E-state index contributed by atoms with van der Waals surface area (Å²) in [4.78, 5) is 0.119. The van der Waals surface area contributed by atoms with Crippen molar-refractivity contribution >= 4 is 27.5 Å². The van der Waals surface area contributed by atoms with Crippen molar-refractivity contribution in [2.75, 3.05) is 4.72 Å². The lowest BCUT2D eigenvalue weighted by molar-refractivity contribution is 0.252. The van der Waals surface area contributed by atoms with E-state index in [4.69, 9.17) is 5.26 Å². The Morgan fingerprint density at radius 3 is 2.58 bits per heavy atom. The van der Waals surface area contributed by atoms with E-state index >= 15 is 0 Å². The van der Waals surface area contributed by atoms with E-state index < -0.39 is 21.0 Å². The first kappa shape index (κ1) is 15.7. The van der Waals surface area contributed by atoms with Crippen LogP contribution in [0.1, 0.15) is 13.3 Å². The normalized spacial score (nSPS) is 13.0. The number of hydrogen-bond acceptors (Lipinski definition) is 4. The summed E-state index contributed by atoms with van der Waals surface area (Å²) in [6.07, 6.45) is 0.121. The molecular formula is C11H12F2N2O2S2. The van der Waals surface area contributed by atoms with Crippen LogP contribution in [-0.2, 0) is 10.0 Å². The molecule has 0 spiro atoms. The van der Waals surface area contributed by atoms with E-state index in [0.29, 0.717) is 0 Å². The van der Waals surface area contributed by atoms with Crippen LogP contribution >= 0.6 is 11.8 Å². The Hall–Kier alpha value is -1.33. The van der Waals surface area contributed by atoms with Gasteiger partial charge in [0, 0.05) is 4.90 Å². The Bertz CT molecular complexity index is 570. The summed E-state index contributed by atoms with van der Waals surface area (Å²) in [5.74, 6) is -2.65. The Morgan fingerprint density at radius 1 is 1.42 bits per heavy atom. The topological polar surface area (TPSA) is 70.0 Å². The predicted molar refractivity (Wildman–Crippen MR) is 70.5 cm³/mol. The van der Waals surface area contributed by atoms with E-state index in [2.05, 4.69) is 4.72 Å². The highest BCUT2D eigenvalue weighted by Crippen LogP contribution is 2.32. The molecule has 0 radical (unpaired) electrons. The number of thioether (sulfide) groups is 1. The zero-order valence-corrected chi connectivity index (χ0v) is 11.6. The Labute approximate surface area is 114 Å². The minimum atomic E-state index is -3.90. The van der Waals surface area contributed by atoms with Gasteiger partial charge in [-0.3, -0.25) is 4.72 Å². The van der Waals surface area contributed by atoms with E-state index in [9.17, 15) is 17.2 Å². The summed E-state index contributed by atoms with van der Waals surface area (Å²) in [5, 5.41) is 7.55. The standard InChI is InChI=1S/C11H12F2N2O2S2/c1-2-8(7-14)19(16,17)15-9-5-3-4-6-10(9)18-11(12)13/h3-6,8,11,15H,2H2,1H3. The molecule has 0 bridgehead atoms. The maximum atomic E-state index is 12.4. The number of para-hydroxylation sites is 1. The van der Waals surface area contributed by atoms with Gasteiger partial charge in [0.25, 0.3) is 5.76 Å². The zero-order chi connectivity index (χ0) is 14.5. The van der Waals surface area contributed by atoms with Gasteiger partial charge in [0.2, 0.25) is 10.0 Å². The molecular weight excluding hydrogens is 294 g/mol. The van der Waals surface area contributed by atoms with Crippen LogP contribution in [0.4, 0.5) is 14.5 Å². The lowest BCUT2D eigenvalue weighted by Crippen LogP contribution is -2.26. The van der Waals surface area contributed by atoms with Crippen molar-refractivity contribution in [3.8, 4) is 6.07 Å². The Kier molecular flexibility index (Phi) is 5.57. The highest BCUT2D eigenvalue weighted by Gasteiger charge is 2.24. The smallest absolute Gasteiger partial charge is 0.281 e. The van der Waals surface area contributed by atoms with Crippen molar-refractivity contribution in [2.24, 2.45) is 0 Å². The molecule has 0 aliphatic heterocycles. The molecule has 0 saturated carbocycles. The highest BCUT2D eigenvalue weighted by atomic mass is 32.2. The molecule has 0 fully saturated rings. The van der Waals surface area contributed by atoms with Gasteiger partial charge in [-0.25, -0.2) is 8.42 Å². The van der Waals surface area contributed by atoms with Crippen molar-refractivity contribution in [3.05, 3.63) is 24.3 Å². The van der Waals surface area contributed by atoms with Crippen LogP contribution in [0, 0.1) is 11.3 Å². The summed E-state index contributed by atoms with van der Waals surface area (Å²) < 4.78 is 50.6. The number of alkyl halides is 2. The van der Waals surface area contributed by atoms with Gasteiger partial charge in [-0.15, -0.1) is 0 Å². The number of rotatable bonds is 6. The highest BCUT2D eigenvalue weighted by molar-refractivity contribution is 8.00. The molecule has 0 heterocycles. The minimum Gasteiger partial charge on any atom is -0.281 e. The van der Waals surface area contributed by atoms with Crippen LogP contribution < -0.4 is 4.72 Å². The first-order valence-corrected chi connectivity index (χ1v) is 7.78. The molecule has 0 amide bonds. The predicted octanol–water partition coefficient (Wildman–Crippen LogP) is 3.05. The molecule has 1 aromatic carbocycles. The van der Waals surface area contributed by atoms with Gasteiger partial charge in [0.15, 0.2) is 5.25 Å². The molecule has 0 aliphatic carbocycles. The fourth-order valence-corrected chi connectivity index (χ4v) is 3.22. The quantitative estimate of drug-likeness (QED) is 0.820. The third-order valence-electron chi connectivity index (χ3n) is 2.24. The second kappa shape index (κ2) is 6.73. The van der Waals surface area contributed by atoms with Crippen LogP contribution in [0.25, 0.3) is 0 Å². The summed E-state index contributed by atoms with van der Waals surface area (Å²) in [7, 11) is -3.90. The number of anilines is 1. The summed E-state index contributed by atoms with van der Waals surface area (Å²) in [5.41, 5.74) is 0.0569. The van der Waals surface area contributed by atoms with E-state index in [-0.39, 0.29) is 28.8 Å². The Morgan fingerprint density at radius 2 is 2.05 bits per heavy atom. The molecule has 1 rings (SSSR count). The molecule has 1 atom stereocenters. The molecule has 0 aliphatic rings. The van der Waals surface area contributed by atoms with Crippen molar-refractivity contribution in [1.82, 2.24) is 0 Å². The van der Waals surface area contributed by atoms with Gasteiger partial charge in [-0.2, -0.15) is 14.0 Å². The number of nitriles is 1.